The highest BCUT2D eigenvalue weighted by atomic mass is 32.1. The second-order valence-corrected chi connectivity index (χ2v) is 5.06. The molecule has 2 aromatic rings. The molecule has 1 aromatic carbocycles. The number of benzene rings is 1. The van der Waals surface area contributed by atoms with Crippen molar-refractivity contribution in [3.05, 3.63) is 40.2 Å². The third-order valence-electron chi connectivity index (χ3n) is 2.51. The minimum absolute atomic E-state index is 0.0179. The minimum Gasteiger partial charge on any atom is -0.477 e. The number of aromatic nitrogens is 1. The van der Waals surface area contributed by atoms with Gasteiger partial charge in [0.15, 0.2) is 5.13 Å². The molecule has 9 heteroatoms. The van der Waals surface area contributed by atoms with E-state index in [0.29, 0.717) is 12.1 Å². The van der Waals surface area contributed by atoms with E-state index in [0.717, 1.165) is 17.4 Å². The Morgan fingerprint density at radius 1 is 1.38 bits per heavy atom. The molecule has 0 atom stereocenters. The third-order valence-corrected chi connectivity index (χ3v) is 3.57. The molecule has 0 unspecified atom stereocenters. The zero-order chi connectivity index (χ0) is 15.8. The van der Waals surface area contributed by atoms with Gasteiger partial charge in [-0.2, -0.15) is 13.2 Å². The zero-order valence-corrected chi connectivity index (χ0v) is 11.3. The number of aromatic carboxylic acids is 1. The van der Waals surface area contributed by atoms with Crippen LogP contribution in [0, 0.1) is 12.7 Å². The molecule has 0 spiro atoms. The molecule has 112 valence electrons. The highest BCUT2D eigenvalue weighted by molar-refractivity contribution is 7.17. The predicted octanol–water partition coefficient (Wildman–Crippen LogP) is 4.05. The Hall–Kier alpha value is -2.16. The molecule has 0 aliphatic carbocycles. The number of aryl methyl sites for hydroxylation is 1. The highest BCUT2D eigenvalue weighted by Crippen LogP contribution is 2.34. The monoisotopic (exact) mass is 320 g/mol. The number of thiazole rings is 1. The first-order valence-electron chi connectivity index (χ1n) is 5.53. The molecule has 0 bridgehead atoms. The normalized spacial score (nSPS) is 11.5. The van der Waals surface area contributed by atoms with Gasteiger partial charge in [0.2, 0.25) is 0 Å². The zero-order valence-electron chi connectivity index (χ0n) is 10.5. The molecule has 0 saturated carbocycles. The lowest BCUT2D eigenvalue weighted by atomic mass is 10.2. The predicted molar refractivity (Wildman–Crippen MR) is 68.5 cm³/mol. The maximum atomic E-state index is 13.1. The molecule has 1 aromatic heterocycles. The van der Waals surface area contributed by atoms with E-state index in [2.05, 4.69) is 10.3 Å². The van der Waals surface area contributed by atoms with Crippen molar-refractivity contribution in [2.24, 2.45) is 0 Å². The fourth-order valence-electron chi connectivity index (χ4n) is 1.59. The van der Waals surface area contributed by atoms with Gasteiger partial charge in [-0.05, 0) is 25.1 Å². The van der Waals surface area contributed by atoms with Crippen molar-refractivity contribution in [3.8, 4) is 0 Å². The lowest BCUT2D eigenvalue weighted by Crippen LogP contribution is -2.08. The summed E-state index contributed by atoms with van der Waals surface area (Å²) < 4.78 is 50.9. The van der Waals surface area contributed by atoms with Crippen molar-refractivity contribution in [2.45, 2.75) is 13.1 Å². The van der Waals surface area contributed by atoms with E-state index in [1.54, 1.807) is 0 Å². The van der Waals surface area contributed by atoms with Crippen LogP contribution in [0.3, 0.4) is 0 Å². The van der Waals surface area contributed by atoms with E-state index in [1.165, 1.54) is 6.92 Å². The molecule has 21 heavy (non-hydrogen) atoms. The Balaban J connectivity index is 2.32. The topological polar surface area (TPSA) is 62.2 Å². The van der Waals surface area contributed by atoms with Gasteiger partial charge in [-0.15, -0.1) is 0 Å². The molecule has 0 radical (unpaired) electrons. The van der Waals surface area contributed by atoms with Crippen molar-refractivity contribution in [1.29, 1.82) is 0 Å². The van der Waals surface area contributed by atoms with Crippen LogP contribution in [-0.2, 0) is 6.18 Å². The van der Waals surface area contributed by atoms with Gasteiger partial charge >= 0.3 is 12.1 Å². The van der Waals surface area contributed by atoms with Crippen LogP contribution in [0.2, 0.25) is 0 Å². The Kier molecular flexibility index (Phi) is 3.86. The fraction of sp³-hybridized carbons (Fsp3) is 0.167. The van der Waals surface area contributed by atoms with E-state index in [-0.39, 0.29) is 21.4 Å². The van der Waals surface area contributed by atoms with Crippen LogP contribution in [0.5, 0.6) is 0 Å². The van der Waals surface area contributed by atoms with Gasteiger partial charge in [-0.1, -0.05) is 11.3 Å². The smallest absolute Gasteiger partial charge is 0.419 e. The number of carboxylic acid groups (broad SMARTS) is 1. The second-order valence-electron chi connectivity index (χ2n) is 4.06. The molecule has 0 aliphatic rings. The van der Waals surface area contributed by atoms with Crippen LogP contribution < -0.4 is 5.32 Å². The van der Waals surface area contributed by atoms with Gasteiger partial charge in [0, 0.05) is 5.69 Å². The van der Waals surface area contributed by atoms with E-state index >= 15 is 0 Å². The number of nitrogens with zero attached hydrogens (tertiary/aromatic N) is 1. The van der Waals surface area contributed by atoms with Gasteiger partial charge < -0.3 is 10.4 Å². The van der Waals surface area contributed by atoms with E-state index in [4.69, 9.17) is 5.11 Å². The van der Waals surface area contributed by atoms with Crippen molar-refractivity contribution in [1.82, 2.24) is 4.98 Å². The summed E-state index contributed by atoms with van der Waals surface area (Å²) in [6, 6.07) is 2.40. The second kappa shape index (κ2) is 5.32. The van der Waals surface area contributed by atoms with Gasteiger partial charge in [0.25, 0.3) is 0 Å². The van der Waals surface area contributed by atoms with Crippen molar-refractivity contribution >= 4 is 28.1 Å². The van der Waals surface area contributed by atoms with Crippen LogP contribution >= 0.6 is 11.3 Å². The van der Waals surface area contributed by atoms with Crippen LogP contribution in [0.25, 0.3) is 0 Å². The first-order valence-corrected chi connectivity index (χ1v) is 6.34. The maximum absolute atomic E-state index is 13.1. The number of carbonyl (C=O) groups is 1. The van der Waals surface area contributed by atoms with Gasteiger partial charge in [-0.3, -0.25) is 0 Å². The van der Waals surface area contributed by atoms with E-state index < -0.39 is 23.5 Å². The minimum atomic E-state index is -4.81. The number of halogens is 4. The maximum Gasteiger partial charge on any atom is 0.419 e. The van der Waals surface area contributed by atoms with E-state index in [9.17, 15) is 22.4 Å². The lowest BCUT2D eigenvalue weighted by Gasteiger charge is -2.10. The lowest BCUT2D eigenvalue weighted by molar-refractivity contribution is -0.139. The Bertz CT molecular complexity index is 697. The third kappa shape index (κ3) is 3.30. The summed E-state index contributed by atoms with van der Waals surface area (Å²) in [5.41, 5.74) is -1.19. The largest absolute Gasteiger partial charge is 0.477 e. The molecule has 4 nitrogen and oxygen atoms in total. The molecular weight excluding hydrogens is 312 g/mol. The summed E-state index contributed by atoms with van der Waals surface area (Å²) in [6.07, 6.45) is -4.81. The Morgan fingerprint density at radius 2 is 2.05 bits per heavy atom. The van der Waals surface area contributed by atoms with Crippen molar-refractivity contribution in [2.75, 3.05) is 5.32 Å². The summed E-state index contributed by atoms with van der Waals surface area (Å²) in [5.74, 6) is -2.55. The number of hydrogen-bond donors (Lipinski definition) is 2. The number of rotatable bonds is 3. The summed E-state index contributed by atoms with van der Waals surface area (Å²) in [7, 11) is 0. The number of carboxylic acids is 1. The molecule has 1 heterocycles. The SMILES string of the molecule is Cc1nc(Nc2ccc(F)c(C(F)(F)F)c2)sc1C(=O)O. The van der Waals surface area contributed by atoms with Crippen molar-refractivity contribution < 1.29 is 27.5 Å². The Morgan fingerprint density at radius 3 is 2.57 bits per heavy atom. The molecule has 0 aliphatic heterocycles. The van der Waals surface area contributed by atoms with Crippen LogP contribution in [0.15, 0.2) is 18.2 Å². The number of nitrogens with one attached hydrogen (secondary N) is 1. The Labute approximate surface area is 120 Å². The first-order chi connectivity index (χ1) is 9.68. The van der Waals surface area contributed by atoms with Gasteiger partial charge in [0.05, 0.1) is 11.3 Å². The quantitative estimate of drug-likeness (QED) is 0.838. The molecule has 2 rings (SSSR count). The van der Waals surface area contributed by atoms with E-state index in [1.807, 2.05) is 0 Å². The van der Waals surface area contributed by atoms with Crippen LogP contribution in [0.1, 0.15) is 20.9 Å². The van der Waals surface area contributed by atoms with Crippen molar-refractivity contribution in [3.63, 3.8) is 0 Å². The standard InChI is InChI=1S/C12H8F4N2O2S/c1-5-9(10(19)20)21-11(17-5)18-6-2-3-8(13)7(4-6)12(14,15)16/h2-4H,1H3,(H,17,18)(H,19,20). The molecule has 0 amide bonds. The van der Waals surface area contributed by atoms with Gasteiger partial charge in [0.1, 0.15) is 10.7 Å². The molecule has 0 saturated heterocycles. The summed E-state index contributed by atoms with van der Waals surface area (Å²) in [5, 5.41) is 11.5. The molecule has 2 N–H and O–H groups in total. The van der Waals surface area contributed by atoms with Gasteiger partial charge in [-0.25, -0.2) is 14.2 Å². The highest BCUT2D eigenvalue weighted by Gasteiger charge is 2.34. The molecular formula is C12H8F4N2O2S. The average Bonchev–Trinajstić information content (AvgIpc) is 2.71. The van der Waals surface area contributed by atoms with Crippen LogP contribution in [-0.4, -0.2) is 16.1 Å². The number of anilines is 2. The number of hydrogen-bond acceptors (Lipinski definition) is 4. The average molecular weight is 320 g/mol. The summed E-state index contributed by atoms with van der Waals surface area (Å²) >= 11 is 0.783. The number of alkyl halides is 3. The first kappa shape index (κ1) is 15.2. The van der Waals surface area contributed by atoms with Crippen LogP contribution in [0.4, 0.5) is 28.4 Å². The fourth-order valence-corrected chi connectivity index (χ4v) is 2.42. The summed E-state index contributed by atoms with van der Waals surface area (Å²) in [6.45, 7) is 1.47. The molecule has 0 fully saturated rings. The summed E-state index contributed by atoms with van der Waals surface area (Å²) in [4.78, 5) is 14.7.